The van der Waals surface area contributed by atoms with Crippen molar-refractivity contribution >= 4 is 11.7 Å². The predicted octanol–water partition coefficient (Wildman–Crippen LogP) is 3.01. The number of hydrogen-bond acceptors (Lipinski definition) is 4. The normalized spacial score (nSPS) is 11.4. The molecule has 1 aromatic rings. The highest BCUT2D eigenvalue weighted by atomic mass is 16.6. The molecule has 0 saturated carbocycles. The molecular weight excluding hydrogens is 230 g/mol. The number of esters is 1. The molecule has 2 N–H and O–H groups in total. The Balaban J connectivity index is 3.05. The molecule has 0 aliphatic heterocycles. The van der Waals surface area contributed by atoms with E-state index in [1.54, 1.807) is 18.2 Å². The summed E-state index contributed by atoms with van der Waals surface area (Å²) in [5, 5.41) is 0. The standard InChI is InChI=1S/C14H21NO3/c1-9(2)17-12-7-6-10(15)8-11(12)13(16)18-14(3,4)5/h6-9H,15H2,1-5H3. The van der Waals surface area contributed by atoms with Gasteiger partial charge in [-0.05, 0) is 52.8 Å². The van der Waals surface area contributed by atoms with Gasteiger partial charge in [0, 0.05) is 5.69 Å². The van der Waals surface area contributed by atoms with Gasteiger partial charge in [-0.1, -0.05) is 0 Å². The lowest BCUT2D eigenvalue weighted by Crippen LogP contribution is -2.24. The SMILES string of the molecule is CC(C)Oc1ccc(N)cc1C(=O)OC(C)(C)C. The number of anilines is 1. The minimum absolute atomic E-state index is 0.0187. The van der Waals surface area contributed by atoms with Crippen molar-refractivity contribution in [2.75, 3.05) is 5.73 Å². The van der Waals surface area contributed by atoms with Crippen LogP contribution in [0.3, 0.4) is 0 Å². The Morgan fingerprint density at radius 1 is 1.28 bits per heavy atom. The molecular formula is C14H21NO3. The molecule has 4 nitrogen and oxygen atoms in total. The van der Waals surface area contributed by atoms with Crippen LogP contribution in [-0.4, -0.2) is 17.7 Å². The van der Waals surface area contributed by atoms with E-state index in [9.17, 15) is 4.79 Å². The molecule has 1 rings (SSSR count). The number of rotatable bonds is 3. The first-order chi connectivity index (χ1) is 8.19. The van der Waals surface area contributed by atoms with Gasteiger partial charge in [0.15, 0.2) is 0 Å². The van der Waals surface area contributed by atoms with Crippen LogP contribution in [0.15, 0.2) is 18.2 Å². The maximum absolute atomic E-state index is 12.1. The number of hydrogen-bond donors (Lipinski definition) is 1. The van der Waals surface area contributed by atoms with Crippen LogP contribution in [0.1, 0.15) is 45.0 Å². The van der Waals surface area contributed by atoms with Gasteiger partial charge < -0.3 is 15.2 Å². The maximum Gasteiger partial charge on any atom is 0.342 e. The van der Waals surface area contributed by atoms with Crippen LogP contribution >= 0.6 is 0 Å². The Hall–Kier alpha value is -1.71. The van der Waals surface area contributed by atoms with E-state index in [1.165, 1.54) is 0 Å². The molecule has 4 heteroatoms. The van der Waals surface area contributed by atoms with E-state index in [2.05, 4.69) is 0 Å². The van der Waals surface area contributed by atoms with Crippen LogP contribution in [0, 0.1) is 0 Å². The monoisotopic (exact) mass is 251 g/mol. The molecule has 0 amide bonds. The Morgan fingerprint density at radius 2 is 1.89 bits per heavy atom. The number of carbonyl (C=O) groups excluding carboxylic acids is 1. The van der Waals surface area contributed by atoms with Crippen molar-refractivity contribution < 1.29 is 14.3 Å². The highest BCUT2D eigenvalue weighted by Crippen LogP contribution is 2.25. The second-order valence-corrected chi connectivity index (χ2v) is 5.42. The first-order valence-corrected chi connectivity index (χ1v) is 5.98. The number of carbonyl (C=O) groups is 1. The summed E-state index contributed by atoms with van der Waals surface area (Å²) in [4.78, 5) is 12.1. The minimum Gasteiger partial charge on any atom is -0.490 e. The third-order valence-corrected chi connectivity index (χ3v) is 1.99. The van der Waals surface area contributed by atoms with Crippen LogP contribution in [0.5, 0.6) is 5.75 Å². The van der Waals surface area contributed by atoms with E-state index >= 15 is 0 Å². The van der Waals surface area contributed by atoms with Gasteiger partial charge >= 0.3 is 5.97 Å². The van der Waals surface area contributed by atoms with E-state index in [0.29, 0.717) is 17.0 Å². The molecule has 0 saturated heterocycles. The quantitative estimate of drug-likeness (QED) is 0.662. The zero-order valence-corrected chi connectivity index (χ0v) is 11.6. The molecule has 0 unspecified atom stereocenters. The average molecular weight is 251 g/mol. The molecule has 0 aliphatic carbocycles. The van der Waals surface area contributed by atoms with Crippen molar-refractivity contribution in [3.63, 3.8) is 0 Å². The molecule has 0 bridgehead atoms. The number of ether oxygens (including phenoxy) is 2. The van der Waals surface area contributed by atoms with Crippen molar-refractivity contribution in [1.29, 1.82) is 0 Å². The molecule has 1 aromatic carbocycles. The van der Waals surface area contributed by atoms with Crippen molar-refractivity contribution in [1.82, 2.24) is 0 Å². The molecule has 0 radical (unpaired) electrons. The van der Waals surface area contributed by atoms with Crippen molar-refractivity contribution in [2.45, 2.75) is 46.3 Å². The van der Waals surface area contributed by atoms with E-state index in [-0.39, 0.29) is 6.10 Å². The number of benzene rings is 1. The first kappa shape index (κ1) is 14.4. The lowest BCUT2D eigenvalue weighted by Gasteiger charge is -2.21. The highest BCUT2D eigenvalue weighted by molar-refractivity contribution is 5.93. The second kappa shape index (κ2) is 5.29. The minimum atomic E-state index is -0.545. The summed E-state index contributed by atoms with van der Waals surface area (Å²) in [7, 11) is 0. The van der Waals surface area contributed by atoms with Gasteiger partial charge in [-0.25, -0.2) is 4.79 Å². The zero-order valence-electron chi connectivity index (χ0n) is 11.6. The first-order valence-electron chi connectivity index (χ1n) is 5.98. The largest absolute Gasteiger partial charge is 0.490 e. The lowest BCUT2D eigenvalue weighted by atomic mass is 10.1. The van der Waals surface area contributed by atoms with Crippen molar-refractivity contribution in [3.8, 4) is 5.75 Å². The van der Waals surface area contributed by atoms with Gasteiger partial charge in [0.1, 0.15) is 16.9 Å². The molecule has 0 heterocycles. The van der Waals surface area contributed by atoms with E-state index < -0.39 is 11.6 Å². The van der Waals surface area contributed by atoms with E-state index in [0.717, 1.165) is 0 Å². The van der Waals surface area contributed by atoms with E-state index in [4.69, 9.17) is 15.2 Å². The van der Waals surface area contributed by atoms with Crippen molar-refractivity contribution in [3.05, 3.63) is 23.8 Å². The van der Waals surface area contributed by atoms with Crippen LogP contribution in [0.25, 0.3) is 0 Å². The smallest absolute Gasteiger partial charge is 0.342 e. The van der Waals surface area contributed by atoms with Gasteiger partial charge in [-0.3, -0.25) is 0 Å². The Morgan fingerprint density at radius 3 is 2.39 bits per heavy atom. The average Bonchev–Trinajstić information content (AvgIpc) is 2.17. The summed E-state index contributed by atoms with van der Waals surface area (Å²) < 4.78 is 10.9. The lowest BCUT2D eigenvalue weighted by molar-refractivity contribution is 0.00649. The molecule has 100 valence electrons. The highest BCUT2D eigenvalue weighted by Gasteiger charge is 2.21. The third kappa shape index (κ3) is 4.28. The Bertz CT molecular complexity index is 433. The zero-order chi connectivity index (χ0) is 13.9. The summed E-state index contributed by atoms with van der Waals surface area (Å²) >= 11 is 0. The van der Waals surface area contributed by atoms with Crippen molar-refractivity contribution in [2.24, 2.45) is 0 Å². The summed E-state index contributed by atoms with van der Waals surface area (Å²) in [6, 6.07) is 4.96. The fourth-order valence-corrected chi connectivity index (χ4v) is 1.40. The molecule has 0 spiro atoms. The molecule has 0 aromatic heterocycles. The van der Waals surface area contributed by atoms with Gasteiger partial charge in [-0.15, -0.1) is 0 Å². The summed E-state index contributed by atoms with van der Waals surface area (Å²) in [6.07, 6.45) is -0.0187. The summed E-state index contributed by atoms with van der Waals surface area (Å²) in [5.41, 5.74) is 6.02. The van der Waals surface area contributed by atoms with Crippen LogP contribution in [0.2, 0.25) is 0 Å². The topological polar surface area (TPSA) is 61.5 Å². The fourth-order valence-electron chi connectivity index (χ4n) is 1.40. The summed E-state index contributed by atoms with van der Waals surface area (Å²) in [5.74, 6) is 0.0684. The Kier molecular flexibility index (Phi) is 4.22. The fraction of sp³-hybridized carbons (Fsp3) is 0.500. The molecule has 18 heavy (non-hydrogen) atoms. The third-order valence-electron chi connectivity index (χ3n) is 1.99. The Labute approximate surface area is 108 Å². The number of nitrogens with two attached hydrogens (primary N) is 1. The maximum atomic E-state index is 12.1. The van der Waals surface area contributed by atoms with Crippen LogP contribution in [0.4, 0.5) is 5.69 Å². The van der Waals surface area contributed by atoms with Gasteiger partial charge in [0.25, 0.3) is 0 Å². The van der Waals surface area contributed by atoms with Gasteiger partial charge in [0.05, 0.1) is 6.10 Å². The van der Waals surface area contributed by atoms with Gasteiger partial charge in [0.2, 0.25) is 0 Å². The molecule has 0 atom stereocenters. The molecule has 0 aliphatic rings. The van der Waals surface area contributed by atoms with Crippen LogP contribution in [-0.2, 0) is 4.74 Å². The second-order valence-electron chi connectivity index (χ2n) is 5.42. The van der Waals surface area contributed by atoms with Crippen LogP contribution < -0.4 is 10.5 Å². The molecule has 0 fully saturated rings. The van der Waals surface area contributed by atoms with Gasteiger partial charge in [-0.2, -0.15) is 0 Å². The summed E-state index contributed by atoms with van der Waals surface area (Å²) in [6.45, 7) is 9.25. The predicted molar refractivity (Wildman–Crippen MR) is 71.8 cm³/mol. The number of nitrogen functional groups attached to an aromatic ring is 1. The van der Waals surface area contributed by atoms with E-state index in [1.807, 2.05) is 34.6 Å².